The molecule has 0 spiro atoms. The Morgan fingerprint density at radius 3 is 1.31 bits per heavy atom. The summed E-state index contributed by atoms with van der Waals surface area (Å²) in [6.07, 6.45) is 24.9. The fourth-order valence-corrected chi connectivity index (χ4v) is 3.94. The van der Waals surface area contributed by atoms with Crippen molar-refractivity contribution in [1.29, 1.82) is 0 Å². The van der Waals surface area contributed by atoms with E-state index in [2.05, 4.69) is 17.6 Å². The number of urea groups is 1. The molecular formula is C27H54N2O3. The van der Waals surface area contributed by atoms with Gasteiger partial charge in [-0.1, -0.05) is 110 Å². The number of ether oxygens (including phenoxy) is 1. The summed E-state index contributed by atoms with van der Waals surface area (Å²) in [4.78, 5) is 23.0. The minimum atomic E-state index is -0.128. The van der Waals surface area contributed by atoms with Gasteiger partial charge >= 0.3 is 12.0 Å². The van der Waals surface area contributed by atoms with E-state index in [1.54, 1.807) is 0 Å². The number of amides is 2. The first-order chi connectivity index (χ1) is 15.7. The van der Waals surface area contributed by atoms with Gasteiger partial charge in [-0.15, -0.1) is 0 Å². The Kier molecular flexibility index (Phi) is 25.0. The molecule has 190 valence electrons. The van der Waals surface area contributed by atoms with Gasteiger partial charge < -0.3 is 15.4 Å². The molecule has 0 rings (SSSR count). The monoisotopic (exact) mass is 454 g/mol. The zero-order valence-corrected chi connectivity index (χ0v) is 21.5. The zero-order valence-electron chi connectivity index (χ0n) is 21.5. The molecule has 0 aromatic carbocycles. The Morgan fingerprint density at radius 1 is 0.531 bits per heavy atom. The number of carbonyl (C=O) groups is 2. The number of nitrogens with one attached hydrogen (secondary N) is 2. The van der Waals surface area contributed by atoms with Crippen molar-refractivity contribution >= 4 is 12.0 Å². The maximum Gasteiger partial charge on any atom is 0.314 e. The smallest absolute Gasteiger partial charge is 0.314 e. The summed E-state index contributed by atoms with van der Waals surface area (Å²) in [5.74, 6) is -0.128. The molecular weight excluding hydrogens is 400 g/mol. The molecule has 5 heteroatoms. The minimum Gasteiger partial charge on any atom is -0.466 e. The van der Waals surface area contributed by atoms with Crippen LogP contribution in [0.15, 0.2) is 0 Å². The van der Waals surface area contributed by atoms with Crippen LogP contribution in [0.5, 0.6) is 0 Å². The van der Waals surface area contributed by atoms with Crippen molar-refractivity contribution in [2.45, 2.75) is 142 Å². The first-order valence-corrected chi connectivity index (χ1v) is 13.9. The van der Waals surface area contributed by atoms with E-state index in [4.69, 9.17) is 4.74 Å². The largest absolute Gasteiger partial charge is 0.466 e. The first-order valence-electron chi connectivity index (χ1n) is 13.9. The van der Waals surface area contributed by atoms with E-state index < -0.39 is 0 Å². The van der Waals surface area contributed by atoms with Crippen LogP contribution in [0.4, 0.5) is 4.79 Å². The summed E-state index contributed by atoms with van der Waals surface area (Å²) in [6.45, 7) is 5.96. The number of carbonyl (C=O) groups excluding carboxylic acids is 2. The molecule has 0 aliphatic heterocycles. The maximum absolute atomic E-state index is 11.7. The highest BCUT2D eigenvalue weighted by molar-refractivity contribution is 5.73. The molecule has 0 aliphatic rings. The third-order valence-corrected chi connectivity index (χ3v) is 5.96. The molecule has 0 radical (unpaired) electrons. The zero-order chi connectivity index (χ0) is 23.5. The van der Waals surface area contributed by atoms with Crippen molar-refractivity contribution < 1.29 is 14.3 Å². The Balaban J connectivity index is 3.17. The maximum atomic E-state index is 11.7. The normalized spacial score (nSPS) is 10.8. The topological polar surface area (TPSA) is 67.4 Å². The summed E-state index contributed by atoms with van der Waals surface area (Å²) < 4.78 is 4.89. The van der Waals surface area contributed by atoms with Crippen LogP contribution in [-0.4, -0.2) is 31.7 Å². The molecule has 0 unspecified atom stereocenters. The van der Waals surface area contributed by atoms with Crippen LogP contribution in [0.2, 0.25) is 0 Å². The van der Waals surface area contributed by atoms with Crippen molar-refractivity contribution in [3.05, 3.63) is 0 Å². The molecule has 2 N–H and O–H groups in total. The molecule has 2 amide bonds. The van der Waals surface area contributed by atoms with Crippen LogP contribution < -0.4 is 10.6 Å². The second-order valence-corrected chi connectivity index (χ2v) is 9.10. The molecule has 0 heterocycles. The number of esters is 1. The Labute approximate surface area is 199 Å². The van der Waals surface area contributed by atoms with Crippen molar-refractivity contribution in [3.63, 3.8) is 0 Å². The van der Waals surface area contributed by atoms with E-state index in [1.165, 1.54) is 96.3 Å². The summed E-state index contributed by atoms with van der Waals surface area (Å²) in [7, 11) is 0. The van der Waals surface area contributed by atoms with Gasteiger partial charge in [0.1, 0.15) is 0 Å². The van der Waals surface area contributed by atoms with Gasteiger partial charge in [0, 0.05) is 19.5 Å². The molecule has 0 saturated heterocycles. The van der Waals surface area contributed by atoms with Crippen molar-refractivity contribution in [1.82, 2.24) is 10.6 Å². The average Bonchev–Trinajstić information content (AvgIpc) is 2.78. The predicted molar refractivity (Wildman–Crippen MR) is 136 cm³/mol. The molecule has 0 aliphatic carbocycles. The van der Waals surface area contributed by atoms with Gasteiger partial charge in [-0.05, 0) is 26.2 Å². The van der Waals surface area contributed by atoms with Crippen molar-refractivity contribution in [2.24, 2.45) is 0 Å². The van der Waals surface area contributed by atoms with E-state index >= 15 is 0 Å². The lowest BCUT2D eigenvalue weighted by atomic mass is 10.0. The molecule has 0 atom stereocenters. The molecule has 5 nitrogen and oxygen atoms in total. The van der Waals surface area contributed by atoms with Crippen LogP contribution in [0.1, 0.15) is 142 Å². The highest BCUT2D eigenvalue weighted by atomic mass is 16.5. The van der Waals surface area contributed by atoms with Gasteiger partial charge in [0.25, 0.3) is 0 Å². The van der Waals surface area contributed by atoms with E-state index in [0.717, 1.165) is 32.2 Å². The Hall–Kier alpha value is -1.26. The fraction of sp³-hybridized carbons (Fsp3) is 0.926. The summed E-state index contributed by atoms with van der Waals surface area (Å²) in [6, 6.07) is -0.0728. The van der Waals surface area contributed by atoms with Gasteiger partial charge in [0.15, 0.2) is 0 Å². The molecule has 0 bridgehead atoms. The van der Waals surface area contributed by atoms with E-state index in [-0.39, 0.29) is 12.0 Å². The van der Waals surface area contributed by atoms with Crippen LogP contribution in [0, 0.1) is 0 Å². The van der Waals surface area contributed by atoms with Crippen LogP contribution in [-0.2, 0) is 9.53 Å². The highest BCUT2D eigenvalue weighted by Gasteiger charge is 2.02. The van der Waals surface area contributed by atoms with Gasteiger partial charge in [-0.25, -0.2) is 4.79 Å². The second kappa shape index (κ2) is 26.0. The van der Waals surface area contributed by atoms with Crippen LogP contribution >= 0.6 is 0 Å². The quantitative estimate of drug-likeness (QED) is 0.116. The standard InChI is InChI=1S/C27H54N2O3/c1-3-5-6-7-8-9-10-11-12-13-14-15-16-17-18-21-24-28-27(31)29-25-22-19-20-23-26(30)32-4-2/h3-25H2,1-2H3,(H2,28,29,31). The average molecular weight is 455 g/mol. The van der Waals surface area contributed by atoms with Gasteiger partial charge in [0.05, 0.1) is 6.61 Å². The Morgan fingerprint density at radius 2 is 0.906 bits per heavy atom. The first kappa shape index (κ1) is 30.7. The summed E-state index contributed by atoms with van der Waals surface area (Å²) >= 11 is 0. The van der Waals surface area contributed by atoms with E-state index in [1.807, 2.05) is 6.92 Å². The fourth-order valence-electron chi connectivity index (χ4n) is 3.94. The lowest BCUT2D eigenvalue weighted by Crippen LogP contribution is -2.36. The molecule has 0 aromatic heterocycles. The molecule has 0 saturated carbocycles. The summed E-state index contributed by atoms with van der Waals surface area (Å²) in [5.41, 5.74) is 0. The van der Waals surface area contributed by atoms with E-state index in [9.17, 15) is 9.59 Å². The molecule has 0 aromatic rings. The highest BCUT2D eigenvalue weighted by Crippen LogP contribution is 2.13. The van der Waals surface area contributed by atoms with Gasteiger partial charge in [-0.2, -0.15) is 0 Å². The summed E-state index contributed by atoms with van der Waals surface area (Å²) in [5, 5.41) is 5.82. The lowest BCUT2D eigenvalue weighted by molar-refractivity contribution is -0.143. The third kappa shape index (κ3) is 25.0. The van der Waals surface area contributed by atoms with Gasteiger partial charge in [-0.3, -0.25) is 4.79 Å². The number of hydrogen-bond acceptors (Lipinski definition) is 3. The SMILES string of the molecule is CCCCCCCCCCCCCCCCCCNC(=O)NCCCCCC(=O)OCC. The predicted octanol–water partition coefficient (Wildman–Crippen LogP) is 7.67. The van der Waals surface area contributed by atoms with Crippen LogP contribution in [0.25, 0.3) is 0 Å². The number of unbranched alkanes of at least 4 members (excludes halogenated alkanes) is 17. The number of hydrogen-bond donors (Lipinski definition) is 2. The Bertz CT molecular complexity index is 416. The van der Waals surface area contributed by atoms with Crippen molar-refractivity contribution in [3.8, 4) is 0 Å². The van der Waals surface area contributed by atoms with Gasteiger partial charge in [0.2, 0.25) is 0 Å². The lowest BCUT2D eigenvalue weighted by Gasteiger charge is -2.08. The molecule has 0 fully saturated rings. The minimum absolute atomic E-state index is 0.0728. The van der Waals surface area contributed by atoms with Crippen molar-refractivity contribution in [2.75, 3.05) is 19.7 Å². The second-order valence-electron chi connectivity index (χ2n) is 9.10. The van der Waals surface area contributed by atoms with E-state index in [0.29, 0.717) is 19.6 Å². The number of rotatable bonds is 24. The molecule has 32 heavy (non-hydrogen) atoms. The van der Waals surface area contributed by atoms with Crippen LogP contribution in [0.3, 0.4) is 0 Å². The third-order valence-electron chi connectivity index (χ3n) is 5.96.